The second-order valence-corrected chi connectivity index (χ2v) is 7.78. The van der Waals surface area contributed by atoms with Crippen molar-refractivity contribution in [3.63, 3.8) is 0 Å². The first-order valence-corrected chi connectivity index (χ1v) is 8.91. The molecule has 0 heterocycles. The van der Waals surface area contributed by atoms with Crippen LogP contribution in [0.2, 0.25) is 0 Å². The van der Waals surface area contributed by atoms with Crippen LogP contribution >= 0.6 is 11.6 Å². The SMILES string of the molecule is CCOC(C)(OC(=O)CCl)C(=O)C12CC3CC(CC(C3)C1)C2. The number of hydrogen-bond acceptors (Lipinski definition) is 4. The second kappa shape index (κ2) is 5.79. The first kappa shape index (κ1) is 16.3. The van der Waals surface area contributed by atoms with Crippen LogP contribution in [-0.2, 0) is 19.1 Å². The van der Waals surface area contributed by atoms with Gasteiger partial charge in [-0.3, -0.25) is 9.59 Å². The van der Waals surface area contributed by atoms with E-state index in [-0.39, 0.29) is 17.1 Å². The van der Waals surface area contributed by atoms with Gasteiger partial charge in [0.05, 0.1) is 0 Å². The summed E-state index contributed by atoms with van der Waals surface area (Å²) < 4.78 is 10.9. The monoisotopic (exact) mass is 328 g/mol. The summed E-state index contributed by atoms with van der Waals surface area (Å²) >= 11 is 5.54. The largest absolute Gasteiger partial charge is 0.425 e. The number of ether oxygens (including phenoxy) is 2. The molecular formula is C17H25ClO4. The van der Waals surface area contributed by atoms with Gasteiger partial charge in [0.15, 0.2) is 0 Å². The highest BCUT2D eigenvalue weighted by Crippen LogP contribution is 2.61. The number of rotatable bonds is 6. The quantitative estimate of drug-likeness (QED) is 0.426. The van der Waals surface area contributed by atoms with E-state index in [4.69, 9.17) is 21.1 Å². The highest BCUT2D eigenvalue weighted by Gasteiger charge is 2.59. The van der Waals surface area contributed by atoms with Crippen molar-refractivity contribution in [1.29, 1.82) is 0 Å². The highest BCUT2D eigenvalue weighted by atomic mass is 35.5. The molecule has 0 aromatic carbocycles. The van der Waals surface area contributed by atoms with E-state index in [9.17, 15) is 9.59 Å². The Morgan fingerprint density at radius 3 is 2.05 bits per heavy atom. The van der Waals surface area contributed by atoms with Crippen molar-refractivity contribution in [2.75, 3.05) is 12.5 Å². The molecule has 0 N–H and O–H groups in total. The van der Waals surface area contributed by atoms with Crippen molar-refractivity contribution in [3.05, 3.63) is 0 Å². The van der Waals surface area contributed by atoms with Crippen LogP contribution in [0.5, 0.6) is 0 Å². The number of carbonyl (C=O) groups excluding carboxylic acids is 2. The van der Waals surface area contributed by atoms with E-state index < -0.39 is 11.8 Å². The van der Waals surface area contributed by atoms with E-state index in [0.717, 1.165) is 19.3 Å². The van der Waals surface area contributed by atoms with Gasteiger partial charge >= 0.3 is 5.97 Å². The molecule has 22 heavy (non-hydrogen) atoms. The minimum absolute atomic E-state index is 0.0422. The van der Waals surface area contributed by atoms with Crippen LogP contribution in [0, 0.1) is 23.2 Å². The number of alkyl halides is 1. The maximum Gasteiger partial charge on any atom is 0.323 e. The van der Waals surface area contributed by atoms with Crippen LogP contribution < -0.4 is 0 Å². The van der Waals surface area contributed by atoms with Gasteiger partial charge in [0, 0.05) is 18.9 Å². The predicted octanol–water partition coefficient (Wildman–Crippen LogP) is 3.31. The molecule has 0 aromatic heterocycles. The summed E-state index contributed by atoms with van der Waals surface area (Å²) in [5.41, 5.74) is -0.356. The average Bonchev–Trinajstić information content (AvgIpc) is 2.45. The molecule has 4 nitrogen and oxygen atoms in total. The molecule has 1 unspecified atom stereocenters. The molecule has 4 bridgehead atoms. The van der Waals surface area contributed by atoms with Crippen molar-refractivity contribution in [1.82, 2.24) is 0 Å². The lowest BCUT2D eigenvalue weighted by molar-refractivity contribution is -0.230. The Morgan fingerprint density at radius 1 is 1.14 bits per heavy atom. The van der Waals surface area contributed by atoms with E-state index in [1.807, 2.05) is 0 Å². The number of ketones is 1. The van der Waals surface area contributed by atoms with E-state index in [2.05, 4.69) is 0 Å². The van der Waals surface area contributed by atoms with Crippen molar-refractivity contribution in [2.45, 2.75) is 58.2 Å². The Morgan fingerprint density at radius 2 is 1.64 bits per heavy atom. The zero-order valence-corrected chi connectivity index (χ0v) is 14.2. The third-order valence-corrected chi connectivity index (χ3v) is 5.99. The fourth-order valence-electron chi connectivity index (χ4n) is 5.53. The fourth-order valence-corrected chi connectivity index (χ4v) is 5.59. The molecule has 0 amide bonds. The number of esters is 1. The van der Waals surface area contributed by atoms with Crippen LogP contribution in [0.3, 0.4) is 0 Å². The molecule has 4 fully saturated rings. The van der Waals surface area contributed by atoms with Gasteiger partial charge in [0.2, 0.25) is 5.78 Å². The first-order chi connectivity index (χ1) is 10.4. The van der Waals surface area contributed by atoms with Crippen molar-refractivity contribution >= 4 is 23.4 Å². The topological polar surface area (TPSA) is 52.6 Å². The summed E-state index contributed by atoms with van der Waals surface area (Å²) in [7, 11) is 0. The minimum Gasteiger partial charge on any atom is -0.425 e. The average molecular weight is 329 g/mol. The third kappa shape index (κ3) is 2.69. The lowest BCUT2D eigenvalue weighted by Crippen LogP contribution is -2.58. The Hall–Kier alpha value is -0.610. The normalized spacial score (nSPS) is 38.6. The maximum absolute atomic E-state index is 13.3. The summed E-state index contributed by atoms with van der Waals surface area (Å²) in [6.07, 6.45) is 6.58. The minimum atomic E-state index is -1.49. The number of Topliss-reactive ketones (excluding diaryl/α,β-unsaturated/α-hetero) is 1. The molecule has 0 radical (unpaired) electrons. The van der Waals surface area contributed by atoms with Crippen molar-refractivity contribution < 1.29 is 19.1 Å². The molecule has 4 aliphatic rings. The number of carbonyl (C=O) groups is 2. The highest BCUT2D eigenvalue weighted by molar-refractivity contribution is 6.26. The van der Waals surface area contributed by atoms with Crippen LogP contribution in [0.15, 0.2) is 0 Å². The molecule has 4 saturated carbocycles. The predicted molar refractivity (Wildman–Crippen MR) is 82.5 cm³/mol. The van der Waals surface area contributed by atoms with Gasteiger partial charge in [-0.15, -0.1) is 11.6 Å². The number of hydrogen-bond donors (Lipinski definition) is 0. The van der Waals surface area contributed by atoms with Gasteiger partial charge in [-0.1, -0.05) is 0 Å². The molecule has 4 rings (SSSR count). The van der Waals surface area contributed by atoms with E-state index in [1.54, 1.807) is 13.8 Å². The molecule has 0 saturated heterocycles. The third-order valence-electron chi connectivity index (χ3n) is 5.77. The zero-order valence-electron chi connectivity index (χ0n) is 13.4. The van der Waals surface area contributed by atoms with Crippen LogP contribution in [0.25, 0.3) is 0 Å². The Labute approximate surface area is 136 Å². The lowest BCUT2D eigenvalue weighted by atomic mass is 9.48. The van der Waals surface area contributed by atoms with Crippen LogP contribution in [-0.4, -0.2) is 30.0 Å². The van der Waals surface area contributed by atoms with Crippen LogP contribution in [0.4, 0.5) is 0 Å². The van der Waals surface area contributed by atoms with E-state index in [1.165, 1.54) is 19.3 Å². The summed E-state index contributed by atoms with van der Waals surface area (Å²) in [6.45, 7) is 3.71. The summed E-state index contributed by atoms with van der Waals surface area (Å²) in [5.74, 6) is -0.432. The van der Waals surface area contributed by atoms with Gasteiger partial charge < -0.3 is 9.47 Å². The number of halogens is 1. The van der Waals surface area contributed by atoms with Crippen LogP contribution in [0.1, 0.15) is 52.4 Å². The van der Waals surface area contributed by atoms with Crippen molar-refractivity contribution in [3.8, 4) is 0 Å². The smallest absolute Gasteiger partial charge is 0.323 e. The molecule has 124 valence electrons. The first-order valence-electron chi connectivity index (χ1n) is 8.37. The lowest BCUT2D eigenvalue weighted by Gasteiger charge is -2.57. The molecule has 5 heteroatoms. The van der Waals surface area contributed by atoms with Gasteiger partial charge in [0.1, 0.15) is 5.88 Å². The van der Waals surface area contributed by atoms with E-state index >= 15 is 0 Å². The Kier molecular flexibility index (Phi) is 4.28. The molecular weight excluding hydrogens is 304 g/mol. The Balaban J connectivity index is 1.85. The molecule has 0 aromatic rings. The summed E-state index contributed by atoms with van der Waals surface area (Å²) in [5, 5.41) is 0. The van der Waals surface area contributed by atoms with Crippen molar-refractivity contribution in [2.24, 2.45) is 23.2 Å². The molecule has 0 aliphatic heterocycles. The molecule has 1 atom stereocenters. The molecule has 0 spiro atoms. The summed E-state index contributed by atoms with van der Waals surface area (Å²) in [6, 6.07) is 0. The van der Waals surface area contributed by atoms with E-state index in [0.29, 0.717) is 24.4 Å². The van der Waals surface area contributed by atoms with Gasteiger partial charge in [-0.2, -0.15) is 0 Å². The fraction of sp³-hybridized carbons (Fsp3) is 0.882. The molecule has 4 aliphatic carbocycles. The zero-order chi connectivity index (χ0) is 16.0. The standard InChI is InChI=1S/C17H25ClO4/c1-3-21-16(2,22-14(19)10-18)15(20)17-7-11-4-12(8-17)6-13(5-11)9-17/h11-13H,3-10H2,1-2H3. The Bertz CT molecular complexity index is 440. The van der Waals surface area contributed by atoms with Gasteiger partial charge in [0.25, 0.3) is 5.79 Å². The maximum atomic E-state index is 13.3. The van der Waals surface area contributed by atoms with Gasteiger partial charge in [-0.05, 0) is 63.2 Å². The van der Waals surface area contributed by atoms with Gasteiger partial charge in [-0.25, -0.2) is 0 Å². The second-order valence-electron chi connectivity index (χ2n) is 7.51. The summed E-state index contributed by atoms with van der Waals surface area (Å²) in [4.78, 5) is 25.0.